The summed E-state index contributed by atoms with van der Waals surface area (Å²) in [7, 11) is 1.50. The molecule has 0 aliphatic rings. The maximum atomic E-state index is 11.9. The quantitative estimate of drug-likeness (QED) is 0.783. The number of hydrogen-bond donors (Lipinski definition) is 1. The van der Waals surface area contributed by atoms with Crippen LogP contribution in [0.15, 0.2) is 18.2 Å². The van der Waals surface area contributed by atoms with E-state index in [4.69, 9.17) is 14.6 Å². The fourth-order valence-electron chi connectivity index (χ4n) is 1.15. The number of aliphatic hydroxyl groups excluding tert-OH is 1. The van der Waals surface area contributed by atoms with Gasteiger partial charge in [0.25, 0.3) is 0 Å². The van der Waals surface area contributed by atoms with Gasteiger partial charge in [-0.1, -0.05) is 12.1 Å². The largest absolute Gasteiger partial charge is 0.493 e. The van der Waals surface area contributed by atoms with Gasteiger partial charge in [-0.2, -0.15) is 0 Å². The number of ether oxygens (including phenoxy) is 2. The molecule has 0 spiro atoms. The molecule has 0 unspecified atom stereocenters. The lowest BCUT2D eigenvalue weighted by Gasteiger charge is -2.12. The SMILES string of the molecule is COc1cccc(CO)c1OCCF. The molecule has 78 valence electrons. The molecule has 0 aliphatic heterocycles. The third-order valence-electron chi connectivity index (χ3n) is 1.77. The normalized spacial score (nSPS) is 9.93. The second kappa shape index (κ2) is 5.44. The van der Waals surface area contributed by atoms with Crippen LogP contribution in [0.1, 0.15) is 5.56 Å². The smallest absolute Gasteiger partial charge is 0.166 e. The molecule has 14 heavy (non-hydrogen) atoms. The molecule has 0 bridgehead atoms. The zero-order valence-corrected chi connectivity index (χ0v) is 8.00. The Balaban J connectivity index is 2.93. The lowest BCUT2D eigenvalue weighted by Crippen LogP contribution is -2.03. The summed E-state index contributed by atoms with van der Waals surface area (Å²) in [5.74, 6) is 0.917. The molecule has 1 aromatic carbocycles. The van der Waals surface area contributed by atoms with Crippen molar-refractivity contribution in [3.63, 3.8) is 0 Å². The summed E-state index contributed by atoms with van der Waals surface area (Å²) < 4.78 is 22.1. The summed E-state index contributed by atoms with van der Waals surface area (Å²) in [6.07, 6.45) is 0. The molecule has 3 nitrogen and oxygen atoms in total. The van der Waals surface area contributed by atoms with Gasteiger partial charge in [0.1, 0.15) is 13.3 Å². The fraction of sp³-hybridized carbons (Fsp3) is 0.400. The molecule has 0 saturated carbocycles. The minimum Gasteiger partial charge on any atom is -0.493 e. The molecular formula is C10H13FO3. The minimum absolute atomic E-state index is 0.0344. The van der Waals surface area contributed by atoms with Crippen LogP contribution in [-0.4, -0.2) is 25.5 Å². The van der Waals surface area contributed by atoms with E-state index in [2.05, 4.69) is 0 Å². The molecule has 0 atom stereocenters. The summed E-state index contributed by atoms with van der Waals surface area (Å²) in [6.45, 7) is -0.755. The van der Waals surface area contributed by atoms with Gasteiger partial charge in [0.05, 0.1) is 13.7 Å². The molecule has 0 aliphatic carbocycles. The maximum absolute atomic E-state index is 11.9. The van der Waals surface area contributed by atoms with Gasteiger partial charge < -0.3 is 14.6 Å². The van der Waals surface area contributed by atoms with Gasteiger partial charge in [0.2, 0.25) is 0 Å². The Bertz CT molecular complexity index is 266. The van der Waals surface area contributed by atoms with Crippen LogP contribution < -0.4 is 9.47 Å². The van der Waals surface area contributed by atoms with Crippen molar-refractivity contribution in [2.24, 2.45) is 0 Å². The summed E-state index contributed by atoms with van der Waals surface area (Å²) in [5, 5.41) is 9.01. The van der Waals surface area contributed by atoms with E-state index in [0.29, 0.717) is 17.1 Å². The molecule has 0 saturated heterocycles. The van der Waals surface area contributed by atoms with Gasteiger partial charge in [-0.05, 0) is 6.07 Å². The summed E-state index contributed by atoms with van der Waals surface area (Å²) >= 11 is 0. The highest BCUT2D eigenvalue weighted by atomic mass is 19.1. The van der Waals surface area contributed by atoms with Crippen molar-refractivity contribution in [3.8, 4) is 11.5 Å². The van der Waals surface area contributed by atoms with Crippen molar-refractivity contribution in [1.29, 1.82) is 0 Å². The zero-order chi connectivity index (χ0) is 10.4. The number of para-hydroxylation sites is 1. The fourth-order valence-corrected chi connectivity index (χ4v) is 1.15. The van der Waals surface area contributed by atoms with E-state index in [1.54, 1.807) is 18.2 Å². The molecule has 0 heterocycles. The van der Waals surface area contributed by atoms with Gasteiger partial charge in [-0.3, -0.25) is 0 Å². The van der Waals surface area contributed by atoms with Crippen LogP contribution in [0.4, 0.5) is 4.39 Å². The van der Waals surface area contributed by atoms with E-state index >= 15 is 0 Å². The van der Waals surface area contributed by atoms with E-state index in [1.807, 2.05) is 0 Å². The number of methoxy groups -OCH3 is 1. The lowest BCUT2D eigenvalue weighted by molar-refractivity contribution is 0.239. The number of alkyl halides is 1. The number of hydrogen-bond acceptors (Lipinski definition) is 3. The zero-order valence-electron chi connectivity index (χ0n) is 8.00. The first kappa shape index (κ1) is 10.8. The molecule has 0 fully saturated rings. The monoisotopic (exact) mass is 200 g/mol. The molecular weight excluding hydrogens is 187 g/mol. The van der Waals surface area contributed by atoms with Crippen LogP contribution in [0.3, 0.4) is 0 Å². The summed E-state index contributed by atoms with van der Waals surface area (Å²) in [4.78, 5) is 0. The molecule has 1 rings (SSSR count). The standard InChI is InChI=1S/C10H13FO3/c1-13-9-4-2-3-8(7-12)10(9)14-6-5-11/h2-4,12H,5-7H2,1H3. The van der Waals surface area contributed by atoms with Crippen molar-refractivity contribution in [2.75, 3.05) is 20.4 Å². The number of benzene rings is 1. The molecule has 4 heteroatoms. The van der Waals surface area contributed by atoms with E-state index in [1.165, 1.54) is 7.11 Å². The van der Waals surface area contributed by atoms with Gasteiger partial charge in [-0.15, -0.1) is 0 Å². The third-order valence-corrected chi connectivity index (χ3v) is 1.77. The van der Waals surface area contributed by atoms with E-state index < -0.39 is 6.67 Å². The van der Waals surface area contributed by atoms with Crippen LogP contribution in [0, 0.1) is 0 Å². The second-order valence-corrected chi connectivity index (χ2v) is 2.64. The van der Waals surface area contributed by atoms with Gasteiger partial charge in [-0.25, -0.2) is 4.39 Å². The van der Waals surface area contributed by atoms with Gasteiger partial charge in [0, 0.05) is 5.56 Å². The first-order valence-electron chi connectivity index (χ1n) is 4.29. The first-order valence-corrected chi connectivity index (χ1v) is 4.29. The summed E-state index contributed by atoms with van der Waals surface area (Å²) in [5.41, 5.74) is 0.595. The number of rotatable bonds is 5. The Kier molecular flexibility index (Phi) is 4.19. The predicted octanol–water partition coefficient (Wildman–Crippen LogP) is 1.54. The van der Waals surface area contributed by atoms with E-state index in [0.717, 1.165) is 0 Å². The maximum Gasteiger partial charge on any atom is 0.166 e. The topological polar surface area (TPSA) is 38.7 Å². The van der Waals surface area contributed by atoms with Crippen LogP contribution in [0.25, 0.3) is 0 Å². The molecule has 0 aromatic heterocycles. The highest BCUT2D eigenvalue weighted by molar-refractivity contribution is 5.46. The average molecular weight is 200 g/mol. The Labute approximate surface area is 82.1 Å². The Morgan fingerprint density at radius 1 is 1.43 bits per heavy atom. The van der Waals surface area contributed by atoms with Gasteiger partial charge in [0.15, 0.2) is 11.5 Å². The van der Waals surface area contributed by atoms with Crippen molar-refractivity contribution >= 4 is 0 Å². The lowest BCUT2D eigenvalue weighted by atomic mass is 10.2. The highest BCUT2D eigenvalue weighted by Crippen LogP contribution is 2.30. The van der Waals surface area contributed by atoms with Crippen LogP contribution in [0.5, 0.6) is 11.5 Å². The summed E-state index contributed by atoms with van der Waals surface area (Å²) in [6, 6.07) is 5.15. The second-order valence-electron chi connectivity index (χ2n) is 2.64. The van der Waals surface area contributed by atoms with Crippen LogP contribution in [-0.2, 0) is 6.61 Å². The highest BCUT2D eigenvalue weighted by Gasteiger charge is 2.09. The first-order chi connectivity index (χ1) is 6.83. The Morgan fingerprint density at radius 2 is 2.21 bits per heavy atom. The van der Waals surface area contributed by atoms with Crippen molar-refractivity contribution in [3.05, 3.63) is 23.8 Å². The van der Waals surface area contributed by atoms with Crippen molar-refractivity contribution in [2.45, 2.75) is 6.61 Å². The van der Waals surface area contributed by atoms with E-state index in [9.17, 15) is 4.39 Å². The molecule has 0 amide bonds. The number of halogens is 1. The average Bonchev–Trinajstić information content (AvgIpc) is 2.25. The van der Waals surface area contributed by atoms with Crippen LogP contribution >= 0.6 is 0 Å². The van der Waals surface area contributed by atoms with Crippen molar-refractivity contribution < 1.29 is 19.0 Å². The van der Waals surface area contributed by atoms with Crippen LogP contribution in [0.2, 0.25) is 0 Å². The minimum atomic E-state index is -0.567. The molecule has 1 N–H and O–H groups in total. The molecule has 1 aromatic rings. The molecule has 0 radical (unpaired) electrons. The number of aliphatic hydroxyl groups is 1. The Morgan fingerprint density at radius 3 is 2.79 bits per heavy atom. The predicted molar refractivity (Wildman–Crippen MR) is 50.4 cm³/mol. The van der Waals surface area contributed by atoms with E-state index in [-0.39, 0.29) is 13.2 Å². The Hall–Kier alpha value is -1.29. The van der Waals surface area contributed by atoms with Crippen molar-refractivity contribution in [1.82, 2.24) is 0 Å². The third kappa shape index (κ3) is 2.35. The van der Waals surface area contributed by atoms with Gasteiger partial charge >= 0.3 is 0 Å².